The van der Waals surface area contributed by atoms with Crippen LogP contribution in [0.1, 0.15) is 75.2 Å². The Morgan fingerprint density at radius 1 is 0.575 bits per heavy atom. The van der Waals surface area contributed by atoms with Gasteiger partial charge in [0.25, 0.3) is 0 Å². The first kappa shape index (κ1) is 26.0. The van der Waals surface area contributed by atoms with Crippen LogP contribution < -0.4 is 4.74 Å². The Hall–Kier alpha value is -4.24. The lowest BCUT2D eigenvalue weighted by Crippen LogP contribution is -2.36. The van der Waals surface area contributed by atoms with Crippen molar-refractivity contribution in [3.05, 3.63) is 143 Å². The fourth-order valence-corrected chi connectivity index (χ4v) is 5.71. The molecule has 0 spiro atoms. The van der Waals surface area contributed by atoms with Crippen LogP contribution in [0.5, 0.6) is 11.5 Å². The molecule has 2 aromatic heterocycles. The van der Waals surface area contributed by atoms with Crippen LogP contribution in [0.15, 0.2) is 109 Å². The predicted octanol–water partition coefficient (Wildman–Crippen LogP) is 9.23. The van der Waals surface area contributed by atoms with E-state index in [1.807, 2.05) is 18.3 Å². The van der Waals surface area contributed by atoms with Crippen molar-refractivity contribution >= 4 is 0 Å². The van der Waals surface area contributed by atoms with Gasteiger partial charge in [0, 0.05) is 22.9 Å². The van der Waals surface area contributed by atoms with E-state index in [1.54, 1.807) is 0 Å². The molecule has 0 radical (unpaired) electrons. The Balaban J connectivity index is 1.72. The largest absolute Gasteiger partial charge is 0.457 e. The molecule has 6 rings (SSSR count). The van der Waals surface area contributed by atoms with Gasteiger partial charge in [-0.05, 0) is 58.4 Å². The van der Waals surface area contributed by atoms with Crippen molar-refractivity contribution in [1.29, 1.82) is 0 Å². The molecule has 0 unspecified atom stereocenters. The lowest BCUT2D eigenvalue weighted by atomic mass is 9.66. The van der Waals surface area contributed by atoms with Crippen molar-refractivity contribution in [2.45, 2.75) is 57.8 Å². The zero-order valence-electron chi connectivity index (χ0n) is 24.2. The Kier molecular flexibility index (Phi) is 6.14. The molecule has 3 nitrogen and oxygen atoms in total. The number of hydrogen-bond acceptors (Lipinski definition) is 3. The molecule has 1 aliphatic heterocycles. The molecule has 0 bridgehead atoms. The number of nitrogens with zero attached hydrogens (tertiary/aromatic N) is 2. The molecule has 0 saturated carbocycles. The maximum absolute atomic E-state index is 6.81. The second-order valence-corrected chi connectivity index (χ2v) is 12.8. The van der Waals surface area contributed by atoms with E-state index in [1.165, 1.54) is 11.1 Å². The van der Waals surface area contributed by atoms with E-state index in [0.717, 1.165) is 45.3 Å². The van der Waals surface area contributed by atoms with Crippen LogP contribution in [-0.2, 0) is 16.2 Å². The third-order valence-corrected chi connectivity index (χ3v) is 7.98. The van der Waals surface area contributed by atoms with Gasteiger partial charge in [-0.25, -0.2) is 0 Å². The molecule has 0 saturated heterocycles. The van der Waals surface area contributed by atoms with Crippen molar-refractivity contribution in [1.82, 2.24) is 9.97 Å². The minimum Gasteiger partial charge on any atom is -0.457 e. The summed E-state index contributed by atoms with van der Waals surface area (Å²) in [6, 6.07) is 36.2. The summed E-state index contributed by atoms with van der Waals surface area (Å²) >= 11 is 0. The average molecular weight is 525 g/mol. The fraction of sp³-hybridized carbons (Fsp3) is 0.243. The Labute approximate surface area is 237 Å². The molecule has 3 heterocycles. The van der Waals surface area contributed by atoms with Crippen LogP contribution in [0.2, 0.25) is 0 Å². The summed E-state index contributed by atoms with van der Waals surface area (Å²) < 4.78 is 6.81. The van der Waals surface area contributed by atoms with Crippen LogP contribution >= 0.6 is 0 Å². The maximum atomic E-state index is 6.81. The summed E-state index contributed by atoms with van der Waals surface area (Å²) in [5.74, 6) is 1.70. The number of fused-ring (bicyclic) bond motifs is 2. The molecule has 1 aliphatic rings. The molecule has 40 heavy (non-hydrogen) atoms. The number of hydrogen-bond donors (Lipinski definition) is 0. The smallest absolute Gasteiger partial charge is 0.132 e. The van der Waals surface area contributed by atoms with Crippen molar-refractivity contribution in [2.75, 3.05) is 0 Å². The molecule has 3 heteroatoms. The molecule has 0 N–H and O–H groups in total. The second kappa shape index (κ2) is 9.45. The van der Waals surface area contributed by atoms with Crippen LogP contribution in [0.3, 0.4) is 0 Å². The molecule has 3 aromatic carbocycles. The first-order valence-electron chi connectivity index (χ1n) is 14.0. The van der Waals surface area contributed by atoms with Crippen LogP contribution in [0.25, 0.3) is 11.3 Å². The zero-order valence-corrected chi connectivity index (χ0v) is 24.2. The first-order valence-corrected chi connectivity index (χ1v) is 14.0. The topological polar surface area (TPSA) is 35.0 Å². The average Bonchev–Trinajstić information content (AvgIpc) is 2.95. The molecule has 0 aliphatic carbocycles. The second-order valence-electron chi connectivity index (χ2n) is 12.8. The number of pyridine rings is 2. The summed E-state index contributed by atoms with van der Waals surface area (Å²) in [5, 5.41) is 0. The van der Waals surface area contributed by atoms with Gasteiger partial charge in [0.2, 0.25) is 0 Å². The van der Waals surface area contributed by atoms with Crippen LogP contribution in [0.4, 0.5) is 0 Å². The van der Waals surface area contributed by atoms with Gasteiger partial charge in [0.05, 0.1) is 17.1 Å². The van der Waals surface area contributed by atoms with Gasteiger partial charge < -0.3 is 4.74 Å². The fourth-order valence-electron chi connectivity index (χ4n) is 5.71. The van der Waals surface area contributed by atoms with Gasteiger partial charge in [-0.2, -0.15) is 0 Å². The standard InChI is InChI=1S/C37H36N2O/c1-35(2,3)26-18-20-28-31(23-26)40-32-24-27(36(4,5)6)19-21-29(32)37(28,33-16-10-11-22-38-33)34-17-12-15-30(39-34)25-13-8-7-9-14-25/h7-24H,1-6H3. The molecule has 5 aromatic rings. The Morgan fingerprint density at radius 2 is 1.15 bits per heavy atom. The highest BCUT2D eigenvalue weighted by Gasteiger charge is 2.48. The zero-order chi connectivity index (χ0) is 28.1. The number of ether oxygens (including phenoxy) is 1. The highest BCUT2D eigenvalue weighted by molar-refractivity contribution is 5.69. The lowest BCUT2D eigenvalue weighted by Gasteiger charge is -2.41. The third-order valence-electron chi connectivity index (χ3n) is 7.98. The summed E-state index contributed by atoms with van der Waals surface area (Å²) in [5.41, 5.74) is 7.60. The van der Waals surface area contributed by atoms with Crippen LogP contribution in [0, 0.1) is 0 Å². The molecular weight excluding hydrogens is 488 g/mol. The highest BCUT2D eigenvalue weighted by atomic mass is 16.5. The van der Waals surface area contributed by atoms with Gasteiger partial charge in [-0.15, -0.1) is 0 Å². The number of aromatic nitrogens is 2. The van der Waals surface area contributed by atoms with Gasteiger partial charge >= 0.3 is 0 Å². The van der Waals surface area contributed by atoms with Crippen molar-refractivity contribution in [3.8, 4) is 22.8 Å². The summed E-state index contributed by atoms with van der Waals surface area (Å²) in [6.45, 7) is 13.4. The van der Waals surface area contributed by atoms with E-state index in [9.17, 15) is 0 Å². The molecule has 0 amide bonds. The van der Waals surface area contributed by atoms with Crippen molar-refractivity contribution in [2.24, 2.45) is 0 Å². The van der Waals surface area contributed by atoms with E-state index in [2.05, 4.69) is 133 Å². The summed E-state index contributed by atoms with van der Waals surface area (Å²) in [7, 11) is 0. The monoisotopic (exact) mass is 524 g/mol. The molecule has 0 atom stereocenters. The van der Waals surface area contributed by atoms with Gasteiger partial charge in [0.15, 0.2) is 0 Å². The minimum absolute atomic E-state index is 0.0228. The van der Waals surface area contributed by atoms with E-state index >= 15 is 0 Å². The van der Waals surface area contributed by atoms with E-state index in [0.29, 0.717) is 0 Å². The molecular formula is C37H36N2O. The van der Waals surface area contributed by atoms with Gasteiger partial charge in [-0.1, -0.05) is 108 Å². The summed E-state index contributed by atoms with van der Waals surface area (Å²) in [6.07, 6.45) is 1.87. The number of rotatable bonds is 3. The quantitative estimate of drug-likeness (QED) is 0.231. The normalized spacial score (nSPS) is 14.2. The molecule has 200 valence electrons. The van der Waals surface area contributed by atoms with Gasteiger partial charge in [-0.3, -0.25) is 9.97 Å². The van der Waals surface area contributed by atoms with Gasteiger partial charge in [0.1, 0.15) is 16.9 Å². The van der Waals surface area contributed by atoms with E-state index in [4.69, 9.17) is 14.7 Å². The first-order chi connectivity index (χ1) is 19.1. The predicted molar refractivity (Wildman–Crippen MR) is 163 cm³/mol. The Morgan fingerprint density at radius 3 is 1.70 bits per heavy atom. The SMILES string of the molecule is CC(C)(C)c1ccc2c(c1)Oc1cc(C(C)(C)C)ccc1C2(c1ccccn1)c1cccc(-c2ccccc2)n1. The van der Waals surface area contributed by atoms with Crippen molar-refractivity contribution in [3.63, 3.8) is 0 Å². The minimum atomic E-state index is -0.762. The summed E-state index contributed by atoms with van der Waals surface area (Å²) in [4.78, 5) is 10.4. The van der Waals surface area contributed by atoms with E-state index in [-0.39, 0.29) is 10.8 Å². The Bertz CT molecular complexity index is 1610. The third kappa shape index (κ3) is 4.30. The number of benzene rings is 3. The maximum Gasteiger partial charge on any atom is 0.132 e. The molecule has 0 fully saturated rings. The highest BCUT2D eigenvalue weighted by Crippen LogP contribution is 2.55. The lowest BCUT2D eigenvalue weighted by molar-refractivity contribution is 0.424. The van der Waals surface area contributed by atoms with Crippen molar-refractivity contribution < 1.29 is 4.74 Å². The van der Waals surface area contributed by atoms with Crippen LogP contribution in [-0.4, -0.2) is 9.97 Å². The van der Waals surface area contributed by atoms with E-state index < -0.39 is 5.41 Å².